The van der Waals surface area contributed by atoms with E-state index >= 15 is 0 Å². The highest BCUT2D eigenvalue weighted by molar-refractivity contribution is 9.10. The summed E-state index contributed by atoms with van der Waals surface area (Å²) >= 11 is 3.48. The second kappa shape index (κ2) is 10.1. The summed E-state index contributed by atoms with van der Waals surface area (Å²) < 4.78 is 6.55. The highest BCUT2D eigenvalue weighted by Crippen LogP contribution is 2.14. The molecule has 1 aromatic carbocycles. The predicted octanol–water partition coefficient (Wildman–Crippen LogP) is 2.52. The average molecular weight is 425 g/mol. The van der Waals surface area contributed by atoms with Gasteiger partial charge in [0.25, 0.3) is 0 Å². The third-order valence-electron chi connectivity index (χ3n) is 3.93. The number of carboxylic acids is 2. The number of hydrogen-bond acceptors (Lipinski definition) is 5. The summed E-state index contributed by atoms with van der Waals surface area (Å²) in [4.78, 5) is 23.2. The Morgan fingerprint density at radius 2 is 1.46 bits per heavy atom. The van der Waals surface area contributed by atoms with Gasteiger partial charge in [0.1, 0.15) is 5.76 Å². The number of carboxylic acid groups (broad SMARTS) is 2. The van der Waals surface area contributed by atoms with Crippen LogP contribution in [0.2, 0.25) is 0 Å². The first-order valence-corrected chi connectivity index (χ1v) is 8.91. The molecule has 140 valence electrons. The average Bonchev–Trinajstić information content (AvgIpc) is 3.12. The molecule has 0 bridgehead atoms. The number of halogens is 1. The maximum absolute atomic E-state index is 9.10. The van der Waals surface area contributed by atoms with Gasteiger partial charge in [0.15, 0.2) is 0 Å². The van der Waals surface area contributed by atoms with Gasteiger partial charge in [-0.05, 0) is 29.8 Å². The van der Waals surface area contributed by atoms with E-state index in [4.69, 9.17) is 24.2 Å². The zero-order valence-corrected chi connectivity index (χ0v) is 15.8. The van der Waals surface area contributed by atoms with Crippen molar-refractivity contribution in [3.8, 4) is 0 Å². The number of rotatable bonds is 4. The Balaban J connectivity index is 0.000000352. The Morgan fingerprint density at radius 1 is 0.923 bits per heavy atom. The number of furan rings is 1. The molecule has 2 N–H and O–H groups in total. The zero-order valence-electron chi connectivity index (χ0n) is 14.2. The maximum atomic E-state index is 9.10. The number of piperazine rings is 1. The molecule has 0 atom stereocenters. The van der Waals surface area contributed by atoms with Crippen molar-refractivity contribution in [2.75, 3.05) is 26.2 Å². The van der Waals surface area contributed by atoms with E-state index in [1.165, 1.54) is 5.56 Å². The van der Waals surface area contributed by atoms with Crippen LogP contribution in [-0.4, -0.2) is 58.1 Å². The lowest BCUT2D eigenvalue weighted by Crippen LogP contribution is -2.45. The minimum absolute atomic E-state index is 0.930. The summed E-state index contributed by atoms with van der Waals surface area (Å²) in [5.41, 5.74) is 1.38. The van der Waals surface area contributed by atoms with Gasteiger partial charge in [0.05, 0.1) is 12.8 Å². The predicted molar refractivity (Wildman–Crippen MR) is 98.7 cm³/mol. The quantitative estimate of drug-likeness (QED) is 0.727. The fraction of sp³-hybridized carbons (Fsp3) is 0.333. The molecule has 2 heterocycles. The first kappa shape index (κ1) is 20.2. The summed E-state index contributed by atoms with van der Waals surface area (Å²) in [7, 11) is 0. The van der Waals surface area contributed by atoms with Gasteiger partial charge in [-0.2, -0.15) is 0 Å². The summed E-state index contributed by atoms with van der Waals surface area (Å²) in [5.74, 6) is -2.59. The summed E-state index contributed by atoms with van der Waals surface area (Å²) in [5, 5.41) is 14.8. The van der Waals surface area contributed by atoms with E-state index in [1.54, 1.807) is 6.26 Å². The number of nitrogens with zero attached hydrogens (tertiary/aromatic N) is 2. The third kappa shape index (κ3) is 6.99. The maximum Gasteiger partial charge on any atom is 0.414 e. The lowest BCUT2D eigenvalue weighted by Gasteiger charge is -2.34. The van der Waals surface area contributed by atoms with Gasteiger partial charge >= 0.3 is 11.9 Å². The fourth-order valence-corrected chi connectivity index (χ4v) is 2.84. The fourth-order valence-electron chi connectivity index (χ4n) is 2.58. The van der Waals surface area contributed by atoms with Crippen molar-refractivity contribution in [2.45, 2.75) is 13.1 Å². The smallest absolute Gasteiger partial charge is 0.414 e. The molecule has 26 heavy (non-hydrogen) atoms. The molecular weight excluding hydrogens is 404 g/mol. The van der Waals surface area contributed by atoms with E-state index in [2.05, 4.69) is 50.0 Å². The van der Waals surface area contributed by atoms with Crippen LogP contribution in [0.25, 0.3) is 0 Å². The lowest BCUT2D eigenvalue weighted by atomic mass is 10.2. The van der Waals surface area contributed by atoms with Crippen molar-refractivity contribution in [1.82, 2.24) is 9.80 Å². The Bertz CT molecular complexity index is 683. The van der Waals surface area contributed by atoms with Crippen LogP contribution in [0.1, 0.15) is 11.3 Å². The van der Waals surface area contributed by atoms with Gasteiger partial charge in [-0.1, -0.05) is 28.1 Å². The van der Waals surface area contributed by atoms with Crippen LogP contribution in [0.15, 0.2) is 51.6 Å². The molecule has 1 aliphatic rings. The van der Waals surface area contributed by atoms with Crippen molar-refractivity contribution in [3.63, 3.8) is 0 Å². The van der Waals surface area contributed by atoms with Crippen molar-refractivity contribution in [3.05, 3.63) is 58.5 Å². The van der Waals surface area contributed by atoms with Crippen LogP contribution in [0.4, 0.5) is 0 Å². The molecule has 0 aliphatic carbocycles. The van der Waals surface area contributed by atoms with E-state index in [-0.39, 0.29) is 0 Å². The largest absolute Gasteiger partial charge is 0.473 e. The highest BCUT2D eigenvalue weighted by Gasteiger charge is 2.17. The van der Waals surface area contributed by atoms with Crippen molar-refractivity contribution >= 4 is 27.9 Å². The molecule has 0 saturated carbocycles. The molecule has 0 unspecified atom stereocenters. The van der Waals surface area contributed by atoms with E-state index in [9.17, 15) is 0 Å². The summed E-state index contributed by atoms with van der Waals surface area (Å²) in [6, 6.07) is 12.6. The normalized spacial score (nSPS) is 15.1. The minimum Gasteiger partial charge on any atom is -0.473 e. The second-order valence-corrected chi connectivity index (χ2v) is 6.78. The lowest BCUT2D eigenvalue weighted by molar-refractivity contribution is -0.159. The summed E-state index contributed by atoms with van der Waals surface area (Å²) in [6.45, 7) is 6.43. The molecule has 1 fully saturated rings. The van der Waals surface area contributed by atoms with E-state index < -0.39 is 11.9 Å². The monoisotopic (exact) mass is 424 g/mol. The van der Waals surface area contributed by atoms with Crippen molar-refractivity contribution in [2.24, 2.45) is 0 Å². The molecule has 0 radical (unpaired) electrons. The van der Waals surface area contributed by atoms with Crippen LogP contribution in [0, 0.1) is 0 Å². The van der Waals surface area contributed by atoms with E-state index in [0.717, 1.165) is 49.5 Å². The number of carbonyl (C=O) groups is 2. The molecule has 8 heteroatoms. The van der Waals surface area contributed by atoms with E-state index in [1.807, 2.05) is 12.1 Å². The van der Waals surface area contributed by atoms with Gasteiger partial charge in [0, 0.05) is 37.2 Å². The minimum atomic E-state index is -1.82. The van der Waals surface area contributed by atoms with Crippen LogP contribution < -0.4 is 0 Å². The first-order chi connectivity index (χ1) is 12.4. The first-order valence-electron chi connectivity index (χ1n) is 8.12. The summed E-state index contributed by atoms with van der Waals surface area (Å²) in [6.07, 6.45) is 1.75. The van der Waals surface area contributed by atoms with Crippen LogP contribution in [0.5, 0.6) is 0 Å². The Labute approximate surface area is 160 Å². The standard InChI is InChI=1S/C16H19BrN2O.C2H2O4/c17-15-5-3-14(4-6-15)12-18-7-9-19(10-8-18)13-16-2-1-11-20-16;3-1(4)2(5)6/h1-6,11H,7-10,12-13H2;(H,3,4)(H,5,6). The second-order valence-electron chi connectivity index (χ2n) is 5.87. The van der Waals surface area contributed by atoms with Crippen LogP contribution >= 0.6 is 15.9 Å². The van der Waals surface area contributed by atoms with E-state index in [0.29, 0.717) is 0 Å². The Kier molecular flexibility index (Phi) is 7.83. The molecule has 3 rings (SSSR count). The van der Waals surface area contributed by atoms with Crippen LogP contribution in [-0.2, 0) is 22.7 Å². The molecule has 0 spiro atoms. The Hall–Kier alpha value is -2.16. The number of benzene rings is 1. The molecule has 2 aromatic rings. The van der Waals surface area contributed by atoms with Crippen molar-refractivity contribution in [1.29, 1.82) is 0 Å². The molecule has 1 aliphatic heterocycles. The molecule has 7 nitrogen and oxygen atoms in total. The Morgan fingerprint density at radius 3 is 1.92 bits per heavy atom. The van der Waals surface area contributed by atoms with Gasteiger partial charge < -0.3 is 14.6 Å². The number of hydrogen-bond donors (Lipinski definition) is 2. The topological polar surface area (TPSA) is 94.2 Å². The van der Waals surface area contributed by atoms with Gasteiger partial charge in [0.2, 0.25) is 0 Å². The number of aliphatic carboxylic acids is 2. The highest BCUT2D eigenvalue weighted by atomic mass is 79.9. The van der Waals surface area contributed by atoms with Gasteiger partial charge in [-0.25, -0.2) is 9.59 Å². The third-order valence-corrected chi connectivity index (χ3v) is 4.46. The SMILES string of the molecule is Brc1ccc(CN2CCN(Cc3ccco3)CC2)cc1.O=C(O)C(=O)O. The van der Waals surface area contributed by atoms with Gasteiger partial charge in [-0.3, -0.25) is 9.80 Å². The van der Waals surface area contributed by atoms with Crippen LogP contribution in [0.3, 0.4) is 0 Å². The zero-order chi connectivity index (χ0) is 18.9. The molecule has 1 aromatic heterocycles. The molecule has 0 amide bonds. The molecular formula is C18H21BrN2O5. The molecule has 1 saturated heterocycles. The van der Waals surface area contributed by atoms with Crippen molar-refractivity contribution < 1.29 is 24.2 Å². The van der Waals surface area contributed by atoms with Gasteiger partial charge in [-0.15, -0.1) is 0 Å².